The monoisotopic (exact) mass is 287 g/mol. The van der Waals surface area contributed by atoms with Crippen molar-refractivity contribution >= 4 is 0 Å². The van der Waals surface area contributed by atoms with Crippen LogP contribution in [-0.4, -0.2) is 6.10 Å². The standard InChI is InChI=1S/C6H14.C3H7O.Nd/c1-3-5-6-4-2;1-3(2)4;/h3-6H2,1-2H3;3H,1-2H3;/q;-1;+1. The topological polar surface area (TPSA) is 9.23 Å². The smallest absolute Gasteiger partial charge is 0.0536 e. The van der Waals surface area contributed by atoms with Crippen molar-refractivity contribution in [3.63, 3.8) is 0 Å². The molecule has 0 spiro atoms. The Balaban J connectivity index is 0. The van der Waals surface area contributed by atoms with Crippen molar-refractivity contribution < 1.29 is 40.4 Å². The Hall–Kier alpha value is 1.31. The van der Waals surface area contributed by atoms with Crippen LogP contribution in [0, 0.1) is 39.4 Å². The fourth-order valence-electron chi connectivity index (χ4n) is 0.500. The maximum Gasteiger partial charge on any atom is -0.0536 e. The zero-order valence-corrected chi connectivity index (χ0v) is 11.5. The van der Waals surface area contributed by atoms with Crippen molar-refractivity contribution in [2.24, 2.45) is 0 Å². The zero-order chi connectivity index (χ0) is 9.11. The van der Waals surface area contributed by atoms with Crippen LogP contribution in [0.25, 0.3) is 0 Å². The van der Waals surface area contributed by atoms with Crippen molar-refractivity contribution in [1.82, 2.24) is 0 Å². The van der Waals surface area contributed by atoms with E-state index in [1.807, 2.05) is 13.8 Å². The molecule has 0 radical (unpaired) electrons. The van der Waals surface area contributed by atoms with Crippen molar-refractivity contribution in [2.75, 3.05) is 0 Å². The summed E-state index contributed by atoms with van der Waals surface area (Å²) in [5.74, 6) is 0. The van der Waals surface area contributed by atoms with Gasteiger partial charge in [-0.2, -0.15) is 0 Å². The molecular weight excluding hydrogens is 268 g/mol. The van der Waals surface area contributed by atoms with E-state index in [-0.39, 0.29) is 0 Å². The van der Waals surface area contributed by atoms with Gasteiger partial charge in [-0.15, -0.1) is 0 Å². The Morgan fingerprint density at radius 3 is 1.45 bits per heavy atom. The first kappa shape index (κ1) is 14.8. The summed E-state index contributed by atoms with van der Waals surface area (Å²) in [6, 6.07) is 0. The second kappa shape index (κ2) is 13.9. The quantitative estimate of drug-likeness (QED) is 0.720. The van der Waals surface area contributed by atoms with E-state index in [2.05, 4.69) is 13.8 Å². The molecule has 0 amide bonds. The van der Waals surface area contributed by atoms with E-state index in [4.69, 9.17) is 1.06 Å². The Labute approximate surface area is 99.0 Å². The first-order valence-electron chi connectivity index (χ1n) is 4.51. The Morgan fingerprint density at radius 2 is 1.36 bits per heavy atom. The largest absolute Gasteiger partial charge is 0.0654 e. The van der Waals surface area contributed by atoms with E-state index in [0.29, 0.717) is 6.10 Å². The minimum absolute atomic E-state index is 0.446. The summed E-state index contributed by atoms with van der Waals surface area (Å²) in [5.41, 5.74) is 0. The first-order valence-corrected chi connectivity index (χ1v) is 5.82. The van der Waals surface area contributed by atoms with Crippen LogP contribution < -0.4 is 0 Å². The third kappa shape index (κ3) is 24.6. The molecule has 11 heavy (non-hydrogen) atoms. The fraction of sp³-hybridized carbons (Fsp3) is 1.00. The molecule has 0 bridgehead atoms. The van der Waals surface area contributed by atoms with Gasteiger partial charge in [-0.25, -0.2) is 0 Å². The number of rotatable bonds is 4. The summed E-state index contributed by atoms with van der Waals surface area (Å²) in [4.78, 5) is 0. The molecule has 0 aliphatic carbocycles. The molecule has 0 fully saturated rings. The summed E-state index contributed by atoms with van der Waals surface area (Å²) in [6.07, 6.45) is 5.98. The number of hydrogen-bond donors (Lipinski definition) is 0. The van der Waals surface area contributed by atoms with E-state index in [0.717, 1.165) is 39.4 Å². The van der Waals surface area contributed by atoms with Crippen LogP contribution in [-0.2, 0) is 1.06 Å². The molecule has 67 valence electrons. The summed E-state index contributed by atoms with van der Waals surface area (Å²) in [5, 5.41) is 0. The van der Waals surface area contributed by atoms with E-state index in [1.165, 1.54) is 25.7 Å². The summed E-state index contributed by atoms with van der Waals surface area (Å²) in [7, 11) is 0. The first-order chi connectivity index (χ1) is 5.18. The van der Waals surface area contributed by atoms with Gasteiger partial charge in [0.2, 0.25) is 0 Å². The third-order valence-electron chi connectivity index (χ3n) is 1.19. The molecule has 0 heterocycles. The maximum atomic E-state index is 4.89. The minimum atomic E-state index is 0.446. The van der Waals surface area contributed by atoms with E-state index < -0.39 is 0 Å². The van der Waals surface area contributed by atoms with Gasteiger partial charge in [0.05, 0.1) is 0 Å². The second-order valence-electron chi connectivity index (χ2n) is 2.87. The van der Waals surface area contributed by atoms with Gasteiger partial charge in [0, 0.05) is 0 Å². The summed E-state index contributed by atoms with van der Waals surface area (Å²) in [6.45, 7) is 8.53. The Morgan fingerprint density at radius 1 is 1.09 bits per heavy atom. The van der Waals surface area contributed by atoms with Gasteiger partial charge in [0.1, 0.15) is 0 Å². The third-order valence-corrected chi connectivity index (χ3v) is 2.71. The van der Waals surface area contributed by atoms with Crippen LogP contribution in [0.15, 0.2) is 0 Å². The maximum absolute atomic E-state index is 4.89. The molecule has 2 heteroatoms. The molecule has 0 aromatic rings. The number of unbranched alkanes of at least 4 members (excludes halogenated alkanes) is 3. The molecule has 0 unspecified atom stereocenters. The molecule has 0 aliphatic heterocycles. The molecule has 0 aromatic heterocycles. The Bertz CT molecular complexity index is 51.5. The van der Waals surface area contributed by atoms with Crippen molar-refractivity contribution in [3.8, 4) is 0 Å². The van der Waals surface area contributed by atoms with Crippen LogP contribution in [0.3, 0.4) is 0 Å². The second-order valence-corrected chi connectivity index (χ2v) is 3.63. The Kier molecular flexibility index (Phi) is 18.7. The molecule has 0 atom stereocenters. The summed E-state index contributed by atoms with van der Waals surface area (Å²) < 4.78 is 4.89. The molecule has 0 rings (SSSR count). The van der Waals surface area contributed by atoms with Gasteiger partial charge < -0.3 is 0 Å². The van der Waals surface area contributed by atoms with Crippen molar-refractivity contribution in [2.45, 2.75) is 59.5 Å². The number of hydrogen-bond acceptors (Lipinski definition) is 1. The normalized spacial score (nSPS) is 9.09. The predicted molar refractivity (Wildman–Crippen MR) is 46.0 cm³/mol. The van der Waals surface area contributed by atoms with E-state index in [9.17, 15) is 0 Å². The summed E-state index contributed by atoms with van der Waals surface area (Å²) >= 11 is 0.873. The SMILES string of the molecule is CC(C)[O][Nd].CCCCCC. The fourth-order valence-corrected chi connectivity index (χ4v) is 0.500. The molecule has 0 aromatic carbocycles. The zero-order valence-electron chi connectivity index (χ0n) is 8.31. The van der Waals surface area contributed by atoms with E-state index >= 15 is 0 Å². The average Bonchev–Trinajstić information content (AvgIpc) is 2.02. The van der Waals surface area contributed by atoms with Crippen molar-refractivity contribution in [1.29, 1.82) is 0 Å². The van der Waals surface area contributed by atoms with Gasteiger partial charge in [-0.05, 0) is 0 Å². The molecular formula is C9H21NdO. The molecule has 0 saturated heterocycles. The van der Waals surface area contributed by atoms with Gasteiger partial charge >= 0.3 is 60.4 Å². The minimum Gasteiger partial charge on any atom is -0.0654 e. The van der Waals surface area contributed by atoms with Gasteiger partial charge in [-0.1, -0.05) is 39.5 Å². The van der Waals surface area contributed by atoms with Crippen LogP contribution >= 0.6 is 0 Å². The molecule has 1 nitrogen and oxygen atoms in total. The van der Waals surface area contributed by atoms with Crippen LogP contribution in [0.1, 0.15) is 53.4 Å². The van der Waals surface area contributed by atoms with Crippen LogP contribution in [0.4, 0.5) is 0 Å². The molecule has 0 N–H and O–H groups in total. The van der Waals surface area contributed by atoms with E-state index in [1.54, 1.807) is 0 Å². The molecule has 0 aliphatic rings. The van der Waals surface area contributed by atoms with Crippen LogP contribution in [0.2, 0.25) is 0 Å². The van der Waals surface area contributed by atoms with Gasteiger partial charge in [-0.3, -0.25) is 0 Å². The predicted octanol–water partition coefficient (Wildman–Crippen LogP) is 3.46. The average molecular weight is 290 g/mol. The van der Waals surface area contributed by atoms with Gasteiger partial charge in [0.25, 0.3) is 0 Å². The van der Waals surface area contributed by atoms with Crippen LogP contribution in [0.5, 0.6) is 0 Å². The molecule has 0 saturated carbocycles. The van der Waals surface area contributed by atoms with Gasteiger partial charge in [0.15, 0.2) is 0 Å². The van der Waals surface area contributed by atoms with Crippen molar-refractivity contribution in [3.05, 3.63) is 0 Å².